The molecule has 4 nitrogen and oxygen atoms in total. The zero-order valence-electron chi connectivity index (χ0n) is 11.5. The van der Waals surface area contributed by atoms with Gasteiger partial charge in [0.25, 0.3) is 0 Å². The van der Waals surface area contributed by atoms with Gasteiger partial charge in [0.05, 0.1) is 18.2 Å². The molecule has 21 heavy (non-hydrogen) atoms. The third-order valence-electron chi connectivity index (χ3n) is 3.04. The van der Waals surface area contributed by atoms with E-state index in [1.54, 1.807) is 26.0 Å². The van der Waals surface area contributed by atoms with E-state index in [0.717, 1.165) is 0 Å². The maximum absolute atomic E-state index is 14.2. The molecule has 1 aliphatic rings. The van der Waals surface area contributed by atoms with Crippen LogP contribution in [0.25, 0.3) is 0 Å². The first-order valence-electron chi connectivity index (χ1n) is 6.34. The molecule has 0 fully saturated rings. The van der Waals surface area contributed by atoms with Crippen molar-refractivity contribution in [2.24, 2.45) is 0 Å². The quantitative estimate of drug-likeness (QED) is 0.630. The van der Waals surface area contributed by atoms with Crippen molar-refractivity contribution in [3.8, 4) is 0 Å². The smallest absolute Gasteiger partial charge is 0.338 e. The Balaban J connectivity index is 2.49. The molecule has 1 aliphatic heterocycles. The van der Waals surface area contributed by atoms with Gasteiger partial charge in [0.2, 0.25) is 0 Å². The number of carbonyl (C=O) groups excluding carboxylic acids is 1. The molecule has 0 bridgehead atoms. The summed E-state index contributed by atoms with van der Waals surface area (Å²) in [7, 11) is 0. The van der Waals surface area contributed by atoms with Crippen LogP contribution < -0.4 is 10.6 Å². The Morgan fingerprint density at radius 2 is 2.24 bits per heavy atom. The van der Waals surface area contributed by atoms with Gasteiger partial charge in [-0.15, -0.1) is 0 Å². The Labute approximate surface area is 135 Å². The van der Waals surface area contributed by atoms with Gasteiger partial charge in [-0.05, 0) is 38.2 Å². The fourth-order valence-corrected chi connectivity index (χ4v) is 2.75. The monoisotopic (exact) mass is 372 g/mol. The SMILES string of the molecule is CCOC(=O)C1=C(C)NC(=S)N[C@H]1c1ccc(Br)cc1F. The number of hydrogen-bond acceptors (Lipinski definition) is 3. The number of esters is 1. The van der Waals surface area contributed by atoms with E-state index in [1.165, 1.54) is 6.07 Å². The van der Waals surface area contributed by atoms with Crippen molar-refractivity contribution in [1.82, 2.24) is 10.6 Å². The van der Waals surface area contributed by atoms with Crippen LogP contribution in [0.15, 0.2) is 33.9 Å². The Bertz CT molecular complexity index is 633. The molecule has 0 spiro atoms. The predicted molar refractivity (Wildman–Crippen MR) is 85.0 cm³/mol. The third kappa shape index (κ3) is 3.41. The van der Waals surface area contributed by atoms with Crippen LogP contribution in [-0.4, -0.2) is 17.7 Å². The maximum Gasteiger partial charge on any atom is 0.338 e. The molecule has 7 heteroatoms. The minimum Gasteiger partial charge on any atom is -0.463 e. The first-order chi connectivity index (χ1) is 9.93. The summed E-state index contributed by atoms with van der Waals surface area (Å²) in [6.07, 6.45) is 0. The van der Waals surface area contributed by atoms with E-state index in [1.807, 2.05) is 0 Å². The second-order valence-corrected chi connectivity index (χ2v) is 5.78. The van der Waals surface area contributed by atoms with E-state index >= 15 is 0 Å². The van der Waals surface area contributed by atoms with Gasteiger partial charge in [-0.2, -0.15) is 0 Å². The second-order valence-electron chi connectivity index (χ2n) is 4.46. The predicted octanol–water partition coefficient (Wildman–Crippen LogP) is 2.94. The summed E-state index contributed by atoms with van der Waals surface area (Å²) in [5, 5.41) is 6.13. The average Bonchev–Trinajstić information content (AvgIpc) is 2.37. The first-order valence-corrected chi connectivity index (χ1v) is 7.54. The van der Waals surface area contributed by atoms with Gasteiger partial charge < -0.3 is 15.4 Å². The molecule has 112 valence electrons. The lowest BCUT2D eigenvalue weighted by Gasteiger charge is -2.30. The number of ether oxygens (including phenoxy) is 1. The van der Waals surface area contributed by atoms with Gasteiger partial charge in [-0.1, -0.05) is 22.0 Å². The van der Waals surface area contributed by atoms with Crippen molar-refractivity contribution in [1.29, 1.82) is 0 Å². The Morgan fingerprint density at radius 1 is 1.52 bits per heavy atom. The molecular formula is C14H14BrFN2O2S. The topological polar surface area (TPSA) is 50.4 Å². The summed E-state index contributed by atoms with van der Waals surface area (Å²) >= 11 is 8.30. The average molecular weight is 373 g/mol. The van der Waals surface area contributed by atoms with Crippen LogP contribution in [0.4, 0.5) is 4.39 Å². The number of carbonyl (C=O) groups is 1. The van der Waals surface area contributed by atoms with Crippen LogP contribution in [0.2, 0.25) is 0 Å². The summed E-state index contributed by atoms with van der Waals surface area (Å²) in [5.41, 5.74) is 1.22. The highest BCUT2D eigenvalue weighted by atomic mass is 79.9. The van der Waals surface area contributed by atoms with Crippen molar-refractivity contribution in [2.45, 2.75) is 19.9 Å². The van der Waals surface area contributed by atoms with Crippen molar-refractivity contribution in [3.05, 3.63) is 45.3 Å². The summed E-state index contributed by atoms with van der Waals surface area (Å²) in [5.74, 6) is -0.925. The number of rotatable bonds is 3. The molecule has 0 radical (unpaired) electrons. The number of nitrogens with one attached hydrogen (secondary N) is 2. The van der Waals surface area contributed by atoms with Crippen molar-refractivity contribution >= 4 is 39.2 Å². The molecule has 0 saturated carbocycles. The molecule has 1 aromatic rings. The number of halogens is 2. The zero-order valence-corrected chi connectivity index (χ0v) is 13.9. The third-order valence-corrected chi connectivity index (χ3v) is 3.75. The van der Waals surface area contributed by atoms with Gasteiger partial charge in [0.15, 0.2) is 5.11 Å². The molecular weight excluding hydrogens is 359 g/mol. The second kappa shape index (κ2) is 6.53. The highest BCUT2D eigenvalue weighted by Crippen LogP contribution is 2.30. The molecule has 0 unspecified atom stereocenters. The van der Waals surface area contributed by atoms with Gasteiger partial charge in [0, 0.05) is 15.7 Å². The lowest BCUT2D eigenvalue weighted by Crippen LogP contribution is -2.45. The van der Waals surface area contributed by atoms with Crippen LogP contribution in [-0.2, 0) is 9.53 Å². The first kappa shape index (κ1) is 15.9. The minimum atomic E-state index is -0.675. The number of benzene rings is 1. The van der Waals surface area contributed by atoms with Gasteiger partial charge in [0.1, 0.15) is 5.82 Å². The molecule has 1 heterocycles. The highest BCUT2D eigenvalue weighted by molar-refractivity contribution is 9.10. The fraction of sp³-hybridized carbons (Fsp3) is 0.286. The van der Waals surface area contributed by atoms with Crippen LogP contribution in [0, 0.1) is 5.82 Å². The van der Waals surface area contributed by atoms with Crippen LogP contribution in [0.5, 0.6) is 0 Å². The summed E-state index contributed by atoms with van der Waals surface area (Å²) in [6.45, 7) is 3.68. The van der Waals surface area contributed by atoms with E-state index in [9.17, 15) is 9.18 Å². The minimum absolute atomic E-state index is 0.246. The summed E-state index contributed by atoms with van der Waals surface area (Å²) in [6, 6.07) is 3.99. The molecule has 1 atom stereocenters. The van der Waals surface area contributed by atoms with E-state index < -0.39 is 17.8 Å². The van der Waals surface area contributed by atoms with Crippen LogP contribution in [0.3, 0.4) is 0 Å². The normalized spacial score (nSPS) is 18.1. The van der Waals surface area contributed by atoms with Crippen molar-refractivity contribution in [3.63, 3.8) is 0 Å². The van der Waals surface area contributed by atoms with Crippen molar-refractivity contribution < 1.29 is 13.9 Å². The van der Waals surface area contributed by atoms with Gasteiger partial charge in [-0.3, -0.25) is 0 Å². The Morgan fingerprint density at radius 3 is 2.86 bits per heavy atom. The number of allylic oxidation sites excluding steroid dienone is 1. The Kier molecular flexibility index (Phi) is 4.95. The summed E-state index contributed by atoms with van der Waals surface area (Å²) < 4.78 is 19.9. The molecule has 0 aliphatic carbocycles. The van der Waals surface area contributed by atoms with E-state index in [-0.39, 0.29) is 6.61 Å². The van der Waals surface area contributed by atoms with E-state index in [0.29, 0.717) is 26.4 Å². The molecule has 0 aromatic heterocycles. The molecule has 2 rings (SSSR count). The van der Waals surface area contributed by atoms with E-state index in [2.05, 4.69) is 26.6 Å². The number of hydrogen-bond donors (Lipinski definition) is 2. The molecule has 1 aromatic carbocycles. The van der Waals surface area contributed by atoms with Crippen molar-refractivity contribution in [2.75, 3.05) is 6.61 Å². The van der Waals surface area contributed by atoms with Crippen LogP contribution in [0.1, 0.15) is 25.5 Å². The van der Waals surface area contributed by atoms with E-state index in [4.69, 9.17) is 17.0 Å². The van der Waals surface area contributed by atoms with Crippen LogP contribution >= 0.6 is 28.1 Å². The fourth-order valence-electron chi connectivity index (χ4n) is 2.14. The van der Waals surface area contributed by atoms with Gasteiger partial charge >= 0.3 is 5.97 Å². The lowest BCUT2D eigenvalue weighted by molar-refractivity contribution is -0.139. The standard InChI is InChI=1S/C14H14BrFN2O2S/c1-3-20-13(19)11-7(2)17-14(21)18-12(11)9-5-4-8(15)6-10(9)16/h4-6,12H,3H2,1-2H3,(H2,17,18,21)/t12-/m0/s1. The Hall–Kier alpha value is -1.47. The largest absolute Gasteiger partial charge is 0.463 e. The summed E-state index contributed by atoms with van der Waals surface area (Å²) in [4.78, 5) is 12.1. The lowest BCUT2D eigenvalue weighted by atomic mass is 9.95. The molecule has 2 N–H and O–H groups in total. The van der Waals surface area contributed by atoms with Gasteiger partial charge in [-0.25, -0.2) is 9.18 Å². The maximum atomic E-state index is 14.2. The molecule has 0 saturated heterocycles. The number of thiocarbonyl (C=S) groups is 1. The molecule has 0 amide bonds. The zero-order chi connectivity index (χ0) is 15.6. The highest BCUT2D eigenvalue weighted by Gasteiger charge is 2.32.